The molecule has 0 aliphatic carbocycles. The quantitative estimate of drug-likeness (QED) is 0.746. The summed E-state index contributed by atoms with van der Waals surface area (Å²) in [5, 5.41) is 0. The summed E-state index contributed by atoms with van der Waals surface area (Å²) in [7, 11) is -3.42. The van der Waals surface area contributed by atoms with E-state index in [1.165, 1.54) is 0 Å². The van der Waals surface area contributed by atoms with E-state index in [4.69, 9.17) is 4.18 Å². The van der Waals surface area contributed by atoms with Gasteiger partial charge in [0.2, 0.25) is 0 Å². The molecule has 0 aliphatic rings. The van der Waals surface area contributed by atoms with E-state index in [-0.39, 0.29) is 6.10 Å². The third kappa shape index (κ3) is 4.77. The van der Waals surface area contributed by atoms with Crippen molar-refractivity contribution in [3.05, 3.63) is 35.9 Å². The summed E-state index contributed by atoms with van der Waals surface area (Å²) in [6.45, 7) is 4.09. The Balaban J connectivity index is 2.88. The van der Waals surface area contributed by atoms with Gasteiger partial charge in [0.1, 0.15) is 6.10 Å². The molecule has 0 aliphatic heterocycles. The zero-order valence-corrected chi connectivity index (χ0v) is 10.7. The van der Waals surface area contributed by atoms with Crippen LogP contribution in [0.2, 0.25) is 0 Å². The van der Waals surface area contributed by atoms with Gasteiger partial charge in [-0.25, -0.2) is 0 Å². The zero-order valence-electron chi connectivity index (χ0n) is 9.88. The van der Waals surface area contributed by atoms with Gasteiger partial charge in [0.25, 0.3) is 10.1 Å². The topological polar surface area (TPSA) is 43.4 Å². The standard InChI is InChI=1S/C12H18O3S/c1-10(2)9-12(15-16(3,13)14)11-7-5-4-6-8-11/h4-8,10,12H,9H2,1-3H3. The van der Waals surface area contributed by atoms with Crippen LogP contribution < -0.4 is 0 Å². The van der Waals surface area contributed by atoms with Crippen molar-refractivity contribution in [2.24, 2.45) is 5.92 Å². The highest BCUT2D eigenvalue weighted by atomic mass is 32.2. The molecule has 1 atom stereocenters. The first-order valence-electron chi connectivity index (χ1n) is 5.31. The molecule has 0 saturated heterocycles. The van der Waals surface area contributed by atoms with Crippen molar-refractivity contribution in [2.45, 2.75) is 26.4 Å². The van der Waals surface area contributed by atoms with Crippen LogP contribution in [0.25, 0.3) is 0 Å². The molecule has 0 amide bonds. The van der Waals surface area contributed by atoms with E-state index in [0.29, 0.717) is 12.3 Å². The maximum absolute atomic E-state index is 11.2. The van der Waals surface area contributed by atoms with E-state index in [0.717, 1.165) is 11.8 Å². The van der Waals surface area contributed by atoms with Gasteiger partial charge in [0.15, 0.2) is 0 Å². The molecule has 0 heterocycles. The number of hydrogen-bond donors (Lipinski definition) is 0. The maximum Gasteiger partial charge on any atom is 0.264 e. The van der Waals surface area contributed by atoms with Gasteiger partial charge >= 0.3 is 0 Å². The second-order valence-corrected chi connectivity index (χ2v) is 5.93. The minimum Gasteiger partial charge on any atom is -0.262 e. The van der Waals surface area contributed by atoms with Gasteiger partial charge in [-0.15, -0.1) is 0 Å². The lowest BCUT2D eigenvalue weighted by Gasteiger charge is -2.18. The predicted molar refractivity (Wildman–Crippen MR) is 64.6 cm³/mol. The second kappa shape index (κ2) is 5.46. The van der Waals surface area contributed by atoms with E-state index in [9.17, 15) is 8.42 Å². The molecule has 0 N–H and O–H groups in total. The Morgan fingerprint density at radius 3 is 2.19 bits per heavy atom. The van der Waals surface area contributed by atoms with Gasteiger partial charge in [-0.2, -0.15) is 8.42 Å². The normalized spacial score (nSPS) is 14.0. The largest absolute Gasteiger partial charge is 0.264 e. The first-order valence-corrected chi connectivity index (χ1v) is 7.13. The molecule has 0 radical (unpaired) electrons. The van der Waals surface area contributed by atoms with Crippen LogP contribution in [0.4, 0.5) is 0 Å². The summed E-state index contributed by atoms with van der Waals surface area (Å²) in [4.78, 5) is 0. The van der Waals surface area contributed by atoms with Crippen LogP contribution in [0.3, 0.4) is 0 Å². The maximum atomic E-state index is 11.2. The van der Waals surface area contributed by atoms with Gasteiger partial charge in [-0.1, -0.05) is 44.2 Å². The van der Waals surface area contributed by atoms with E-state index in [1.54, 1.807) is 0 Å². The Morgan fingerprint density at radius 2 is 1.75 bits per heavy atom. The minimum atomic E-state index is -3.42. The van der Waals surface area contributed by atoms with Crippen LogP contribution in [0.1, 0.15) is 31.9 Å². The second-order valence-electron chi connectivity index (χ2n) is 4.33. The van der Waals surface area contributed by atoms with Gasteiger partial charge in [0.05, 0.1) is 6.26 Å². The number of hydrogen-bond acceptors (Lipinski definition) is 3. The van der Waals surface area contributed by atoms with Crippen molar-refractivity contribution in [1.82, 2.24) is 0 Å². The van der Waals surface area contributed by atoms with Crippen LogP contribution in [0.5, 0.6) is 0 Å². The number of benzene rings is 1. The monoisotopic (exact) mass is 242 g/mol. The Labute approximate surface area is 97.6 Å². The summed E-state index contributed by atoms with van der Waals surface area (Å²) in [5.41, 5.74) is 0.904. The Morgan fingerprint density at radius 1 is 1.19 bits per heavy atom. The molecule has 0 saturated carbocycles. The molecular formula is C12H18O3S. The fourth-order valence-corrected chi connectivity index (χ4v) is 2.15. The SMILES string of the molecule is CC(C)CC(OS(C)(=O)=O)c1ccccc1. The highest BCUT2D eigenvalue weighted by Crippen LogP contribution is 2.26. The van der Waals surface area contributed by atoms with Crippen molar-refractivity contribution in [3.8, 4) is 0 Å². The summed E-state index contributed by atoms with van der Waals surface area (Å²) < 4.78 is 27.5. The third-order valence-corrected chi connectivity index (χ3v) is 2.73. The van der Waals surface area contributed by atoms with Crippen molar-refractivity contribution in [3.63, 3.8) is 0 Å². The lowest BCUT2D eigenvalue weighted by molar-refractivity contribution is 0.187. The minimum absolute atomic E-state index is 0.379. The van der Waals surface area contributed by atoms with E-state index >= 15 is 0 Å². The predicted octanol–water partition coefficient (Wildman–Crippen LogP) is 2.75. The zero-order chi connectivity index (χ0) is 12.2. The van der Waals surface area contributed by atoms with Crippen molar-refractivity contribution in [2.75, 3.05) is 6.26 Å². The van der Waals surface area contributed by atoms with Crippen LogP contribution in [-0.2, 0) is 14.3 Å². The number of rotatable bonds is 5. The van der Waals surface area contributed by atoms with Gasteiger partial charge in [-0.05, 0) is 17.9 Å². The van der Waals surface area contributed by atoms with Gasteiger partial charge in [0, 0.05) is 0 Å². The highest BCUT2D eigenvalue weighted by Gasteiger charge is 2.18. The Hall–Kier alpha value is -0.870. The van der Waals surface area contributed by atoms with Crippen LogP contribution in [0.15, 0.2) is 30.3 Å². The highest BCUT2D eigenvalue weighted by molar-refractivity contribution is 7.86. The summed E-state index contributed by atoms with van der Waals surface area (Å²) in [6.07, 6.45) is 1.40. The van der Waals surface area contributed by atoms with Gasteiger partial charge < -0.3 is 0 Å². The molecule has 4 heteroatoms. The average Bonchev–Trinajstić information content (AvgIpc) is 2.15. The molecule has 1 aromatic rings. The van der Waals surface area contributed by atoms with Crippen molar-refractivity contribution in [1.29, 1.82) is 0 Å². The van der Waals surface area contributed by atoms with E-state index < -0.39 is 10.1 Å². The molecule has 0 bridgehead atoms. The van der Waals surface area contributed by atoms with Crippen molar-refractivity contribution >= 4 is 10.1 Å². The molecule has 0 fully saturated rings. The fraction of sp³-hybridized carbons (Fsp3) is 0.500. The van der Waals surface area contributed by atoms with Gasteiger partial charge in [-0.3, -0.25) is 4.18 Å². The molecule has 90 valence electrons. The van der Waals surface area contributed by atoms with Crippen LogP contribution in [-0.4, -0.2) is 14.7 Å². The molecule has 16 heavy (non-hydrogen) atoms. The van der Waals surface area contributed by atoms with Crippen molar-refractivity contribution < 1.29 is 12.6 Å². The smallest absolute Gasteiger partial charge is 0.262 e. The van der Waals surface area contributed by atoms with E-state index in [1.807, 2.05) is 44.2 Å². The van der Waals surface area contributed by atoms with Crippen LogP contribution >= 0.6 is 0 Å². The molecule has 3 nitrogen and oxygen atoms in total. The Bertz CT molecular complexity index is 409. The molecule has 0 aromatic heterocycles. The summed E-state index contributed by atoms with van der Waals surface area (Å²) >= 11 is 0. The fourth-order valence-electron chi connectivity index (χ4n) is 1.54. The first kappa shape index (κ1) is 13.2. The average molecular weight is 242 g/mol. The molecule has 1 unspecified atom stereocenters. The summed E-state index contributed by atoms with van der Waals surface area (Å²) in [6, 6.07) is 9.44. The Kier molecular flexibility index (Phi) is 4.50. The third-order valence-electron chi connectivity index (χ3n) is 2.15. The summed E-state index contributed by atoms with van der Waals surface area (Å²) in [5.74, 6) is 0.381. The van der Waals surface area contributed by atoms with E-state index in [2.05, 4.69) is 0 Å². The lowest BCUT2D eigenvalue weighted by Crippen LogP contribution is -2.12. The van der Waals surface area contributed by atoms with Crippen LogP contribution in [0, 0.1) is 5.92 Å². The first-order chi connectivity index (χ1) is 7.38. The molecule has 0 spiro atoms. The lowest BCUT2D eigenvalue weighted by atomic mass is 10.00. The molecule has 1 rings (SSSR count). The molecule has 1 aromatic carbocycles. The molecular weight excluding hydrogens is 224 g/mol.